The number of rotatable bonds is 4. The molecule has 0 aromatic carbocycles. The Morgan fingerprint density at radius 3 is 2.55 bits per heavy atom. The molecule has 11 heavy (non-hydrogen) atoms. The lowest BCUT2D eigenvalue weighted by atomic mass is 10.3. The van der Waals surface area contributed by atoms with Gasteiger partial charge >= 0.3 is 0 Å². The Labute approximate surface area is 73.6 Å². The number of nitrogens with one attached hydrogen (secondary N) is 1. The molecule has 0 radical (unpaired) electrons. The Morgan fingerprint density at radius 1 is 1.64 bits per heavy atom. The minimum Gasteiger partial charge on any atom is -0.354 e. The second-order valence-electron chi connectivity index (χ2n) is 2.65. The molecule has 0 rings (SSSR count). The van der Waals surface area contributed by atoms with Crippen molar-refractivity contribution in [2.75, 3.05) is 26.4 Å². The maximum absolute atomic E-state index is 11.2. The molecule has 0 heterocycles. The van der Waals surface area contributed by atoms with E-state index in [0.29, 0.717) is 12.3 Å². The van der Waals surface area contributed by atoms with E-state index in [-0.39, 0.29) is 11.9 Å². The zero-order valence-corrected chi connectivity index (χ0v) is 8.19. The molecule has 0 aromatic heterocycles. The average molecular weight is 176 g/mol. The summed E-state index contributed by atoms with van der Waals surface area (Å²) in [6.07, 6.45) is 0. The quantitative estimate of drug-likeness (QED) is 0.590. The molecular formula is C7H16N2OS. The van der Waals surface area contributed by atoms with Gasteiger partial charge < -0.3 is 5.32 Å². The standard InChI is InChI=1S/C7H16N2OS/c1-6(9(2)3)7(10)8-4-5-11/h6,11H,4-5H2,1-3H3,(H,8,10). The van der Waals surface area contributed by atoms with Crippen LogP contribution >= 0.6 is 12.6 Å². The highest BCUT2D eigenvalue weighted by molar-refractivity contribution is 7.80. The third-order valence-electron chi connectivity index (χ3n) is 1.57. The number of thiol groups is 1. The minimum atomic E-state index is -0.0603. The van der Waals surface area contributed by atoms with Crippen molar-refractivity contribution in [3.05, 3.63) is 0 Å². The van der Waals surface area contributed by atoms with E-state index in [1.54, 1.807) is 0 Å². The van der Waals surface area contributed by atoms with Crippen molar-refractivity contribution in [3.63, 3.8) is 0 Å². The van der Waals surface area contributed by atoms with Crippen molar-refractivity contribution in [1.82, 2.24) is 10.2 Å². The van der Waals surface area contributed by atoms with Gasteiger partial charge in [0.1, 0.15) is 0 Å². The van der Waals surface area contributed by atoms with Crippen LogP contribution < -0.4 is 5.32 Å². The summed E-state index contributed by atoms with van der Waals surface area (Å²) in [5, 5.41) is 2.76. The summed E-state index contributed by atoms with van der Waals surface area (Å²) in [6, 6.07) is -0.0603. The van der Waals surface area contributed by atoms with E-state index < -0.39 is 0 Å². The molecule has 1 amide bonds. The van der Waals surface area contributed by atoms with Crippen molar-refractivity contribution in [2.24, 2.45) is 0 Å². The molecule has 0 spiro atoms. The summed E-state index contributed by atoms with van der Waals surface area (Å²) >= 11 is 3.99. The van der Waals surface area contributed by atoms with Gasteiger partial charge in [0.05, 0.1) is 6.04 Å². The zero-order chi connectivity index (χ0) is 8.85. The largest absolute Gasteiger partial charge is 0.354 e. The highest BCUT2D eigenvalue weighted by Crippen LogP contribution is 1.90. The first kappa shape index (κ1) is 10.8. The van der Waals surface area contributed by atoms with Gasteiger partial charge in [-0.05, 0) is 21.0 Å². The van der Waals surface area contributed by atoms with Crippen LogP contribution in [0.3, 0.4) is 0 Å². The lowest BCUT2D eigenvalue weighted by Gasteiger charge is -2.18. The predicted octanol–water partition coefficient (Wildman–Crippen LogP) is -0.0175. The number of amides is 1. The number of hydrogen-bond acceptors (Lipinski definition) is 3. The van der Waals surface area contributed by atoms with E-state index in [1.807, 2.05) is 25.9 Å². The maximum atomic E-state index is 11.2. The normalized spacial score (nSPS) is 13.2. The van der Waals surface area contributed by atoms with Gasteiger partial charge in [0.25, 0.3) is 0 Å². The van der Waals surface area contributed by atoms with Crippen molar-refractivity contribution in [3.8, 4) is 0 Å². The minimum absolute atomic E-state index is 0.0593. The van der Waals surface area contributed by atoms with E-state index >= 15 is 0 Å². The summed E-state index contributed by atoms with van der Waals surface area (Å²) in [5.74, 6) is 0.746. The SMILES string of the molecule is CC(C(=O)NCCS)N(C)C. The van der Waals surface area contributed by atoms with Crippen LogP contribution in [-0.2, 0) is 4.79 Å². The summed E-state index contributed by atoms with van der Waals surface area (Å²) < 4.78 is 0. The van der Waals surface area contributed by atoms with Gasteiger partial charge in [0.2, 0.25) is 5.91 Å². The summed E-state index contributed by atoms with van der Waals surface area (Å²) in [7, 11) is 3.76. The Bertz CT molecular complexity index is 128. The van der Waals surface area contributed by atoms with E-state index in [0.717, 1.165) is 0 Å². The predicted molar refractivity (Wildman–Crippen MR) is 50.0 cm³/mol. The first-order valence-electron chi connectivity index (χ1n) is 3.64. The lowest BCUT2D eigenvalue weighted by molar-refractivity contribution is -0.124. The Balaban J connectivity index is 3.64. The van der Waals surface area contributed by atoms with Gasteiger partial charge in [0.15, 0.2) is 0 Å². The molecule has 0 aliphatic heterocycles. The first-order valence-corrected chi connectivity index (χ1v) is 4.28. The van der Waals surface area contributed by atoms with E-state index in [4.69, 9.17) is 0 Å². The van der Waals surface area contributed by atoms with Crippen molar-refractivity contribution >= 4 is 18.5 Å². The molecule has 1 atom stereocenters. The van der Waals surface area contributed by atoms with Crippen LogP contribution in [-0.4, -0.2) is 43.2 Å². The fourth-order valence-corrected chi connectivity index (χ4v) is 0.673. The number of carbonyl (C=O) groups is 1. The number of nitrogens with zero attached hydrogens (tertiary/aromatic N) is 1. The van der Waals surface area contributed by atoms with Crippen molar-refractivity contribution in [1.29, 1.82) is 0 Å². The Morgan fingerprint density at radius 2 is 2.18 bits per heavy atom. The number of hydrogen-bond donors (Lipinski definition) is 2. The molecular weight excluding hydrogens is 160 g/mol. The lowest BCUT2D eigenvalue weighted by Crippen LogP contribution is -2.41. The van der Waals surface area contributed by atoms with Gasteiger partial charge in [-0.15, -0.1) is 0 Å². The Kier molecular flexibility index (Phi) is 5.32. The number of likely N-dealkylation sites (N-methyl/N-ethyl adjacent to an activating group) is 1. The fraction of sp³-hybridized carbons (Fsp3) is 0.857. The van der Waals surface area contributed by atoms with E-state index in [2.05, 4.69) is 17.9 Å². The van der Waals surface area contributed by atoms with Crippen LogP contribution in [0.1, 0.15) is 6.92 Å². The average Bonchev–Trinajstić information content (AvgIpc) is 1.98. The van der Waals surface area contributed by atoms with Crippen LogP contribution in [0, 0.1) is 0 Å². The fourth-order valence-electron chi connectivity index (χ4n) is 0.561. The van der Waals surface area contributed by atoms with Gasteiger partial charge in [-0.1, -0.05) is 0 Å². The second-order valence-corrected chi connectivity index (χ2v) is 3.10. The molecule has 0 saturated heterocycles. The number of carbonyl (C=O) groups excluding carboxylic acids is 1. The van der Waals surface area contributed by atoms with Crippen LogP contribution in [0.25, 0.3) is 0 Å². The monoisotopic (exact) mass is 176 g/mol. The first-order chi connectivity index (χ1) is 5.09. The van der Waals surface area contributed by atoms with Crippen LogP contribution in [0.15, 0.2) is 0 Å². The molecule has 0 aliphatic carbocycles. The second kappa shape index (κ2) is 5.43. The molecule has 0 aromatic rings. The van der Waals surface area contributed by atoms with Crippen LogP contribution in [0.5, 0.6) is 0 Å². The van der Waals surface area contributed by atoms with E-state index in [1.165, 1.54) is 0 Å². The zero-order valence-electron chi connectivity index (χ0n) is 7.29. The molecule has 0 saturated carbocycles. The summed E-state index contributed by atoms with van der Waals surface area (Å²) in [6.45, 7) is 2.51. The summed E-state index contributed by atoms with van der Waals surface area (Å²) in [5.41, 5.74) is 0. The molecule has 1 N–H and O–H groups in total. The van der Waals surface area contributed by atoms with Gasteiger partial charge in [-0.25, -0.2) is 0 Å². The van der Waals surface area contributed by atoms with Gasteiger partial charge in [-0.3, -0.25) is 9.69 Å². The van der Waals surface area contributed by atoms with E-state index in [9.17, 15) is 4.79 Å². The van der Waals surface area contributed by atoms with Crippen LogP contribution in [0.4, 0.5) is 0 Å². The molecule has 1 unspecified atom stereocenters. The highest BCUT2D eigenvalue weighted by atomic mass is 32.1. The third-order valence-corrected chi connectivity index (χ3v) is 1.79. The van der Waals surface area contributed by atoms with Gasteiger partial charge in [-0.2, -0.15) is 12.6 Å². The molecule has 0 fully saturated rings. The molecule has 66 valence electrons. The highest BCUT2D eigenvalue weighted by Gasteiger charge is 2.12. The van der Waals surface area contributed by atoms with Gasteiger partial charge in [0, 0.05) is 12.3 Å². The molecule has 0 bridgehead atoms. The third kappa shape index (κ3) is 4.27. The Hall–Kier alpha value is -0.220. The molecule has 4 heteroatoms. The van der Waals surface area contributed by atoms with Crippen molar-refractivity contribution < 1.29 is 4.79 Å². The molecule has 0 aliphatic rings. The van der Waals surface area contributed by atoms with Crippen LogP contribution in [0.2, 0.25) is 0 Å². The maximum Gasteiger partial charge on any atom is 0.237 e. The molecule has 3 nitrogen and oxygen atoms in total. The summed E-state index contributed by atoms with van der Waals surface area (Å²) in [4.78, 5) is 13.0. The van der Waals surface area contributed by atoms with Crippen molar-refractivity contribution in [2.45, 2.75) is 13.0 Å². The smallest absolute Gasteiger partial charge is 0.237 e. The topological polar surface area (TPSA) is 32.3 Å².